The van der Waals surface area contributed by atoms with Gasteiger partial charge in [-0.15, -0.1) is 24.0 Å². The number of halogens is 1. The molecule has 1 heterocycles. The summed E-state index contributed by atoms with van der Waals surface area (Å²) >= 11 is 0. The van der Waals surface area contributed by atoms with E-state index >= 15 is 0 Å². The second-order valence-electron chi connectivity index (χ2n) is 6.99. The molecule has 0 aliphatic carbocycles. The zero-order valence-electron chi connectivity index (χ0n) is 16.7. The Balaban J connectivity index is 0.00000364. The largest absolute Gasteiger partial charge is 0.381 e. The molecule has 2 rings (SSSR count). The number of benzene rings is 1. The maximum atomic E-state index is 12.4. The van der Waals surface area contributed by atoms with Crippen LogP contribution in [0.3, 0.4) is 0 Å². The molecule has 0 amide bonds. The first-order chi connectivity index (χ1) is 12.3. The highest BCUT2D eigenvalue weighted by molar-refractivity contribution is 14.0. The average molecular weight is 509 g/mol. The van der Waals surface area contributed by atoms with Gasteiger partial charge in [-0.05, 0) is 30.4 Å². The quantitative estimate of drug-likeness (QED) is 0.363. The highest BCUT2D eigenvalue weighted by Gasteiger charge is 2.42. The highest BCUT2D eigenvalue weighted by atomic mass is 127. The molecule has 0 atom stereocenters. The summed E-state index contributed by atoms with van der Waals surface area (Å²) in [4.78, 5) is 6.33. The maximum absolute atomic E-state index is 12.4. The SMILES string of the molecule is CCc1ccc(CN(C)C(=NC)NCC2(S(C)(=O)=O)CCOCC2)cc1.I. The van der Waals surface area contributed by atoms with Crippen molar-refractivity contribution in [1.82, 2.24) is 10.2 Å². The number of hydrogen-bond acceptors (Lipinski definition) is 4. The van der Waals surface area contributed by atoms with E-state index in [-0.39, 0.29) is 24.0 Å². The summed E-state index contributed by atoms with van der Waals surface area (Å²) in [7, 11) is 0.477. The van der Waals surface area contributed by atoms with Crippen LogP contribution in [0.2, 0.25) is 0 Å². The fraction of sp³-hybridized carbons (Fsp3) is 0.632. The molecule has 0 saturated carbocycles. The lowest BCUT2D eigenvalue weighted by Gasteiger charge is -2.36. The lowest BCUT2D eigenvalue weighted by atomic mass is 9.99. The molecule has 1 aromatic carbocycles. The van der Waals surface area contributed by atoms with E-state index in [0.29, 0.717) is 45.1 Å². The minimum absolute atomic E-state index is 0. The number of nitrogens with zero attached hydrogens (tertiary/aromatic N) is 2. The van der Waals surface area contributed by atoms with Gasteiger partial charge < -0.3 is 15.0 Å². The third kappa shape index (κ3) is 6.32. The molecule has 0 spiro atoms. The maximum Gasteiger partial charge on any atom is 0.193 e. The number of sulfone groups is 1. The lowest BCUT2D eigenvalue weighted by molar-refractivity contribution is 0.0755. The van der Waals surface area contributed by atoms with Crippen molar-refractivity contribution in [2.24, 2.45) is 4.99 Å². The zero-order valence-corrected chi connectivity index (χ0v) is 19.8. The number of rotatable bonds is 6. The van der Waals surface area contributed by atoms with E-state index in [0.717, 1.165) is 6.42 Å². The van der Waals surface area contributed by atoms with Gasteiger partial charge in [0.05, 0.1) is 4.75 Å². The minimum atomic E-state index is -3.20. The summed E-state index contributed by atoms with van der Waals surface area (Å²) in [6.07, 6.45) is 3.37. The Bertz CT molecular complexity index is 714. The topological polar surface area (TPSA) is 71.0 Å². The third-order valence-electron chi connectivity index (χ3n) is 5.18. The van der Waals surface area contributed by atoms with Crippen molar-refractivity contribution in [3.8, 4) is 0 Å². The second-order valence-corrected chi connectivity index (χ2v) is 9.40. The Kier molecular flexibility index (Phi) is 9.50. The van der Waals surface area contributed by atoms with E-state index in [1.54, 1.807) is 7.05 Å². The van der Waals surface area contributed by atoms with Gasteiger partial charge >= 0.3 is 0 Å². The van der Waals surface area contributed by atoms with E-state index in [9.17, 15) is 8.42 Å². The molecule has 6 nitrogen and oxygen atoms in total. The summed E-state index contributed by atoms with van der Waals surface area (Å²) in [6.45, 7) is 4.15. The summed E-state index contributed by atoms with van der Waals surface area (Å²) in [6, 6.07) is 8.53. The van der Waals surface area contributed by atoms with E-state index in [4.69, 9.17) is 4.74 Å². The first-order valence-corrected chi connectivity index (χ1v) is 11.0. The fourth-order valence-electron chi connectivity index (χ4n) is 3.28. The molecule has 0 radical (unpaired) electrons. The number of aliphatic imine (C=N–C) groups is 1. The van der Waals surface area contributed by atoms with Crippen LogP contribution in [0, 0.1) is 0 Å². The molecule has 0 unspecified atom stereocenters. The molecule has 1 saturated heterocycles. The van der Waals surface area contributed by atoms with E-state index in [1.165, 1.54) is 17.4 Å². The van der Waals surface area contributed by atoms with Gasteiger partial charge in [-0.1, -0.05) is 31.2 Å². The van der Waals surface area contributed by atoms with E-state index < -0.39 is 14.6 Å². The summed E-state index contributed by atoms with van der Waals surface area (Å²) in [5.74, 6) is 0.694. The Morgan fingerprint density at radius 3 is 2.26 bits per heavy atom. The number of ether oxygens (including phenoxy) is 1. The molecule has 154 valence electrons. The van der Waals surface area contributed by atoms with Gasteiger partial charge in [0.1, 0.15) is 0 Å². The van der Waals surface area contributed by atoms with Crippen molar-refractivity contribution < 1.29 is 13.2 Å². The summed E-state index contributed by atoms with van der Waals surface area (Å²) in [5.41, 5.74) is 2.50. The normalized spacial score (nSPS) is 17.1. The van der Waals surface area contributed by atoms with Crippen molar-refractivity contribution in [3.05, 3.63) is 35.4 Å². The van der Waals surface area contributed by atoms with Crippen LogP contribution in [0.15, 0.2) is 29.3 Å². The predicted octanol–water partition coefficient (Wildman–Crippen LogP) is 2.47. The third-order valence-corrected chi connectivity index (χ3v) is 7.31. The smallest absolute Gasteiger partial charge is 0.193 e. The van der Waals surface area contributed by atoms with Crippen LogP contribution in [0.5, 0.6) is 0 Å². The van der Waals surface area contributed by atoms with Crippen LogP contribution in [0.4, 0.5) is 0 Å². The number of aryl methyl sites for hydroxylation is 1. The van der Waals surface area contributed by atoms with Crippen LogP contribution in [-0.4, -0.2) is 64.1 Å². The number of nitrogens with one attached hydrogen (secondary N) is 1. The molecule has 0 aromatic heterocycles. The van der Waals surface area contributed by atoms with Crippen LogP contribution in [-0.2, 0) is 27.5 Å². The van der Waals surface area contributed by atoms with Crippen molar-refractivity contribution in [2.75, 3.05) is 40.1 Å². The molecule has 27 heavy (non-hydrogen) atoms. The van der Waals surface area contributed by atoms with Gasteiger partial charge in [-0.2, -0.15) is 0 Å². The minimum Gasteiger partial charge on any atom is -0.381 e. The standard InChI is InChI=1S/C19H31N3O3S.HI/c1-5-16-6-8-17(9-7-16)14-22(3)18(20-2)21-15-19(26(4,23)24)10-12-25-13-11-19;/h6-9H,5,10-15H2,1-4H3,(H,20,21);1H. The molecule has 0 bridgehead atoms. The van der Waals surface area contributed by atoms with Gasteiger partial charge in [-0.3, -0.25) is 4.99 Å². The van der Waals surface area contributed by atoms with Crippen LogP contribution in [0.1, 0.15) is 30.9 Å². The van der Waals surface area contributed by atoms with Crippen LogP contribution in [0.25, 0.3) is 0 Å². The van der Waals surface area contributed by atoms with Crippen molar-refractivity contribution in [1.29, 1.82) is 0 Å². The van der Waals surface area contributed by atoms with Crippen molar-refractivity contribution >= 4 is 39.8 Å². The Morgan fingerprint density at radius 2 is 1.78 bits per heavy atom. The van der Waals surface area contributed by atoms with Crippen LogP contribution >= 0.6 is 24.0 Å². The second kappa shape index (κ2) is 10.6. The average Bonchev–Trinajstić information content (AvgIpc) is 2.62. The monoisotopic (exact) mass is 509 g/mol. The lowest BCUT2D eigenvalue weighted by Crippen LogP contribution is -2.53. The number of guanidine groups is 1. The van der Waals surface area contributed by atoms with Gasteiger partial charge in [0.25, 0.3) is 0 Å². The molecule has 1 aliphatic rings. The van der Waals surface area contributed by atoms with Crippen molar-refractivity contribution in [3.63, 3.8) is 0 Å². The van der Waals surface area contributed by atoms with Gasteiger partial charge in [0.15, 0.2) is 15.8 Å². The first-order valence-electron chi connectivity index (χ1n) is 9.08. The molecule has 1 aliphatic heterocycles. The molecule has 1 fully saturated rings. The fourth-order valence-corrected chi connectivity index (χ4v) is 4.52. The highest BCUT2D eigenvalue weighted by Crippen LogP contribution is 2.28. The van der Waals surface area contributed by atoms with Crippen molar-refractivity contribution in [2.45, 2.75) is 37.5 Å². The Morgan fingerprint density at radius 1 is 1.22 bits per heavy atom. The van der Waals surface area contributed by atoms with E-state index in [2.05, 4.69) is 41.5 Å². The molecular formula is C19H32IN3O3S. The summed E-state index contributed by atoms with van der Waals surface area (Å²) < 4.78 is 29.3. The van der Waals surface area contributed by atoms with Gasteiger partial charge in [-0.25, -0.2) is 8.42 Å². The number of hydrogen-bond donors (Lipinski definition) is 1. The Hall–Kier alpha value is -0.870. The molecule has 8 heteroatoms. The Labute approximate surface area is 180 Å². The molecular weight excluding hydrogens is 477 g/mol. The zero-order chi connectivity index (χ0) is 19.2. The van der Waals surface area contributed by atoms with E-state index in [1.807, 2.05) is 11.9 Å². The van der Waals surface area contributed by atoms with Gasteiger partial charge in [0, 0.05) is 46.7 Å². The van der Waals surface area contributed by atoms with Crippen LogP contribution < -0.4 is 5.32 Å². The molecule has 1 aromatic rings. The predicted molar refractivity (Wildman–Crippen MR) is 122 cm³/mol. The molecule has 1 N–H and O–H groups in total. The van der Waals surface area contributed by atoms with Gasteiger partial charge in [0.2, 0.25) is 0 Å². The first kappa shape index (κ1) is 24.2. The summed E-state index contributed by atoms with van der Waals surface area (Å²) in [5, 5.41) is 3.27.